The Balaban J connectivity index is 1.34. The maximum Gasteiger partial charge on any atom is 0.255 e. The Morgan fingerprint density at radius 3 is 2.42 bits per heavy atom. The molecule has 0 aromatic heterocycles. The molecule has 1 heterocycles. The van der Waals surface area contributed by atoms with Crippen molar-refractivity contribution in [2.24, 2.45) is 0 Å². The van der Waals surface area contributed by atoms with E-state index in [0.29, 0.717) is 24.2 Å². The minimum absolute atomic E-state index is 0.114. The van der Waals surface area contributed by atoms with Gasteiger partial charge in [0.05, 0.1) is 0 Å². The van der Waals surface area contributed by atoms with E-state index in [1.807, 2.05) is 6.07 Å². The highest BCUT2D eigenvalue weighted by molar-refractivity contribution is 6.04. The highest BCUT2D eigenvalue weighted by Gasteiger charge is 2.19. The van der Waals surface area contributed by atoms with Gasteiger partial charge in [-0.2, -0.15) is 0 Å². The van der Waals surface area contributed by atoms with Crippen LogP contribution in [0.15, 0.2) is 72.8 Å². The van der Waals surface area contributed by atoms with E-state index in [9.17, 15) is 18.8 Å². The van der Waals surface area contributed by atoms with Crippen LogP contribution in [0.1, 0.15) is 45.5 Å². The van der Waals surface area contributed by atoms with Crippen LogP contribution in [0.5, 0.6) is 0 Å². The van der Waals surface area contributed by atoms with E-state index in [1.165, 1.54) is 24.3 Å². The smallest absolute Gasteiger partial charge is 0.255 e. The highest BCUT2D eigenvalue weighted by Crippen LogP contribution is 2.21. The summed E-state index contributed by atoms with van der Waals surface area (Å²) < 4.78 is 13.3. The van der Waals surface area contributed by atoms with Crippen molar-refractivity contribution >= 4 is 29.1 Å². The summed E-state index contributed by atoms with van der Waals surface area (Å²) in [5, 5.41) is 5.60. The quantitative estimate of drug-likeness (QED) is 0.585. The lowest BCUT2D eigenvalue weighted by Gasteiger charge is -2.26. The summed E-state index contributed by atoms with van der Waals surface area (Å²) in [5.41, 5.74) is 2.88. The number of amides is 3. The fourth-order valence-electron chi connectivity index (χ4n) is 3.75. The molecule has 0 atom stereocenters. The molecular weight excluding hydrogens is 421 g/mol. The molecule has 3 aromatic rings. The maximum absolute atomic E-state index is 13.3. The van der Waals surface area contributed by atoms with E-state index >= 15 is 0 Å². The second-order valence-electron chi connectivity index (χ2n) is 7.90. The van der Waals surface area contributed by atoms with Crippen molar-refractivity contribution in [2.75, 3.05) is 16.8 Å². The molecule has 0 bridgehead atoms. The number of halogens is 1. The number of hydrogen-bond donors (Lipinski definition) is 2. The van der Waals surface area contributed by atoms with Crippen LogP contribution in [0, 0.1) is 5.82 Å². The van der Waals surface area contributed by atoms with Crippen molar-refractivity contribution in [3.8, 4) is 0 Å². The largest absolute Gasteiger partial charge is 0.348 e. The first-order valence-electron chi connectivity index (χ1n) is 10.8. The number of rotatable bonds is 6. The summed E-state index contributed by atoms with van der Waals surface area (Å²) in [7, 11) is 0. The summed E-state index contributed by atoms with van der Waals surface area (Å²) in [5.74, 6) is -1.01. The van der Waals surface area contributed by atoms with Crippen molar-refractivity contribution in [3.05, 3.63) is 95.3 Å². The van der Waals surface area contributed by atoms with Crippen LogP contribution < -0.4 is 15.5 Å². The van der Waals surface area contributed by atoms with Gasteiger partial charge in [-0.3, -0.25) is 14.4 Å². The summed E-state index contributed by atoms with van der Waals surface area (Å²) in [6.45, 7) is 0.978. The molecule has 1 fully saturated rings. The van der Waals surface area contributed by atoms with E-state index in [0.717, 1.165) is 24.1 Å². The van der Waals surface area contributed by atoms with Crippen molar-refractivity contribution in [1.29, 1.82) is 0 Å². The Bertz CT molecular complexity index is 1180. The number of carbonyl (C=O) groups excluding carboxylic acids is 3. The number of carbonyl (C=O) groups is 3. The van der Waals surface area contributed by atoms with E-state index < -0.39 is 11.7 Å². The van der Waals surface area contributed by atoms with Gasteiger partial charge in [-0.25, -0.2) is 4.39 Å². The molecule has 33 heavy (non-hydrogen) atoms. The minimum atomic E-state index is -0.477. The molecule has 6 nitrogen and oxygen atoms in total. The summed E-state index contributed by atoms with van der Waals surface area (Å²) in [4.78, 5) is 38.7. The van der Waals surface area contributed by atoms with Crippen molar-refractivity contribution < 1.29 is 18.8 Å². The molecule has 1 aliphatic heterocycles. The van der Waals surface area contributed by atoms with Crippen LogP contribution in [0.2, 0.25) is 0 Å². The molecule has 2 N–H and O–H groups in total. The van der Waals surface area contributed by atoms with Crippen LogP contribution in [0.25, 0.3) is 0 Å². The van der Waals surface area contributed by atoms with Crippen LogP contribution in [0.3, 0.4) is 0 Å². The second kappa shape index (κ2) is 10.1. The van der Waals surface area contributed by atoms with Crippen molar-refractivity contribution in [2.45, 2.75) is 25.8 Å². The Morgan fingerprint density at radius 2 is 1.67 bits per heavy atom. The molecule has 0 unspecified atom stereocenters. The van der Waals surface area contributed by atoms with E-state index in [1.54, 1.807) is 47.4 Å². The van der Waals surface area contributed by atoms with Gasteiger partial charge in [0.2, 0.25) is 5.91 Å². The van der Waals surface area contributed by atoms with Crippen molar-refractivity contribution in [1.82, 2.24) is 5.32 Å². The van der Waals surface area contributed by atoms with Gasteiger partial charge in [-0.05, 0) is 73.0 Å². The average molecular weight is 445 g/mol. The monoisotopic (exact) mass is 445 g/mol. The molecule has 0 aliphatic carbocycles. The number of hydrogen-bond acceptors (Lipinski definition) is 3. The van der Waals surface area contributed by atoms with Gasteiger partial charge in [0.25, 0.3) is 11.8 Å². The zero-order valence-electron chi connectivity index (χ0n) is 18.0. The van der Waals surface area contributed by atoms with Gasteiger partial charge in [0.1, 0.15) is 5.82 Å². The molecule has 0 radical (unpaired) electrons. The molecule has 168 valence electrons. The number of nitrogens with one attached hydrogen (secondary N) is 2. The SMILES string of the molecule is O=C(NCc1cccc(NC(=O)c2cccc(F)c2)c1)c1ccc(N2CCCCC2=O)cc1. The molecule has 3 amide bonds. The van der Waals surface area contributed by atoms with E-state index in [-0.39, 0.29) is 23.9 Å². The Kier molecular flexibility index (Phi) is 6.78. The lowest BCUT2D eigenvalue weighted by Crippen LogP contribution is -2.35. The third-order valence-corrected chi connectivity index (χ3v) is 5.49. The Hall–Kier alpha value is -4.00. The first kappa shape index (κ1) is 22.2. The van der Waals surface area contributed by atoms with Crippen LogP contribution >= 0.6 is 0 Å². The van der Waals surface area contributed by atoms with Gasteiger partial charge in [0.15, 0.2) is 0 Å². The van der Waals surface area contributed by atoms with E-state index in [2.05, 4.69) is 10.6 Å². The molecule has 0 spiro atoms. The molecule has 4 rings (SSSR count). The zero-order chi connectivity index (χ0) is 23.2. The normalized spacial score (nSPS) is 13.5. The molecule has 1 saturated heterocycles. The van der Waals surface area contributed by atoms with Gasteiger partial charge < -0.3 is 15.5 Å². The van der Waals surface area contributed by atoms with Gasteiger partial charge in [-0.15, -0.1) is 0 Å². The van der Waals surface area contributed by atoms with Gasteiger partial charge >= 0.3 is 0 Å². The molecular formula is C26H24FN3O3. The predicted molar refractivity (Wildman–Crippen MR) is 125 cm³/mol. The number of nitrogens with zero attached hydrogens (tertiary/aromatic N) is 1. The maximum atomic E-state index is 13.3. The van der Waals surface area contributed by atoms with E-state index in [4.69, 9.17) is 0 Å². The fraction of sp³-hybridized carbons (Fsp3) is 0.192. The third-order valence-electron chi connectivity index (χ3n) is 5.49. The Morgan fingerprint density at radius 1 is 0.879 bits per heavy atom. The zero-order valence-corrected chi connectivity index (χ0v) is 18.0. The van der Waals surface area contributed by atoms with Gasteiger partial charge in [-0.1, -0.05) is 18.2 Å². The van der Waals surface area contributed by atoms with Crippen LogP contribution in [0.4, 0.5) is 15.8 Å². The lowest BCUT2D eigenvalue weighted by molar-refractivity contribution is -0.119. The Labute approximate surface area is 191 Å². The standard InChI is InChI=1S/C26H24FN3O3/c27-21-7-4-6-20(16-21)26(33)29-22-8-3-5-18(15-22)17-28-25(32)19-10-12-23(13-11-19)30-14-2-1-9-24(30)31/h3-8,10-13,15-16H,1-2,9,14,17H2,(H,28,32)(H,29,33). The third kappa shape index (κ3) is 5.63. The summed E-state index contributed by atoms with van der Waals surface area (Å²) in [6.07, 6.45) is 2.46. The molecule has 0 saturated carbocycles. The number of anilines is 2. The van der Waals surface area contributed by atoms with Crippen LogP contribution in [-0.2, 0) is 11.3 Å². The second-order valence-corrected chi connectivity index (χ2v) is 7.90. The molecule has 7 heteroatoms. The lowest BCUT2D eigenvalue weighted by atomic mass is 10.1. The fourth-order valence-corrected chi connectivity index (χ4v) is 3.75. The predicted octanol–water partition coefficient (Wildman–Crippen LogP) is 4.52. The van der Waals surface area contributed by atoms with Crippen molar-refractivity contribution in [3.63, 3.8) is 0 Å². The highest BCUT2D eigenvalue weighted by atomic mass is 19.1. The number of benzene rings is 3. The first-order chi connectivity index (χ1) is 16.0. The first-order valence-corrected chi connectivity index (χ1v) is 10.8. The minimum Gasteiger partial charge on any atom is -0.348 e. The number of piperidine rings is 1. The average Bonchev–Trinajstić information content (AvgIpc) is 2.83. The molecule has 3 aromatic carbocycles. The molecule has 1 aliphatic rings. The van der Waals surface area contributed by atoms with Gasteiger partial charge in [0, 0.05) is 42.0 Å². The topological polar surface area (TPSA) is 78.5 Å². The summed E-state index contributed by atoms with van der Waals surface area (Å²) >= 11 is 0. The van der Waals surface area contributed by atoms with Crippen LogP contribution in [-0.4, -0.2) is 24.3 Å². The summed E-state index contributed by atoms with van der Waals surface area (Å²) in [6, 6.07) is 19.6.